The Morgan fingerprint density at radius 2 is 1.22 bits per heavy atom. The predicted molar refractivity (Wildman–Crippen MR) is 105 cm³/mol. The molecule has 0 bridgehead atoms. The number of carbonyl (C=O) groups excluding carboxylic acids is 1. The Bertz CT molecular complexity index is 271. The number of hydrogen-bond donors (Lipinski definition) is 1. The van der Waals surface area contributed by atoms with Crippen molar-refractivity contribution in [2.75, 3.05) is 0 Å². The van der Waals surface area contributed by atoms with Crippen molar-refractivity contribution in [1.29, 1.82) is 0 Å². The van der Waals surface area contributed by atoms with Gasteiger partial charge >= 0.3 is 0 Å². The van der Waals surface area contributed by atoms with E-state index in [1.807, 2.05) is 6.92 Å². The fourth-order valence-electron chi connectivity index (χ4n) is 2.37. The van der Waals surface area contributed by atoms with Gasteiger partial charge in [-0.15, -0.1) is 6.58 Å². The lowest BCUT2D eigenvalue weighted by Gasteiger charge is -1.99. The minimum Gasteiger partial charge on any atom is -0.370 e. The Kier molecular flexibility index (Phi) is 24.4. The van der Waals surface area contributed by atoms with Gasteiger partial charge in [0.05, 0.1) is 0 Å². The van der Waals surface area contributed by atoms with Crippen molar-refractivity contribution in [3.8, 4) is 0 Å². The number of hydrogen-bond acceptors (Lipinski definition) is 1. The van der Waals surface area contributed by atoms with Gasteiger partial charge in [-0.25, -0.2) is 0 Å². The molecule has 0 heterocycles. The number of amides is 1. The first-order valence-corrected chi connectivity index (χ1v) is 9.69. The molecule has 1 amide bonds. The van der Waals surface area contributed by atoms with E-state index < -0.39 is 0 Å². The molecule has 0 radical (unpaired) electrons. The summed E-state index contributed by atoms with van der Waals surface area (Å²) in [5.41, 5.74) is 5.10. The lowest BCUT2D eigenvalue weighted by molar-refractivity contribution is -0.118. The van der Waals surface area contributed by atoms with Gasteiger partial charge in [0, 0.05) is 6.42 Å². The molecule has 0 unspecified atom stereocenters. The second-order valence-electron chi connectivity index (χ2n) is 6.21. The molecule has 0 saturated heterocycles. The van der Waals surface area contributed by atoms with Crippen LogP contribution in [-0.2, 0) is 4.79 Å². The van der Waals surface area contributed by atoms with Crippen LogP contribution in [-0.4, -0.2) is 5.91 Å². The molecule has 0 aliphatic heterocycles. The highest BCUT2D eigenvalue weighted by molar-refractivity contribution is 5.73. The third-order valence-corrected chi connectivity index (χ3v) is 3.68. The lowest BCUT2D eigenvalue weighted by atomic mass is 10.1. The molecule has 0 aliphatic carbocycles. The Morgan fingerprint density at radius 1 is 0.826 bits per heavy atom. The Hall–Kier alpha value is -1.05. The summed E-state index contributed by atoms with van der Waals surface area (Å²) in [5.74, 6) is -0.164. The Morgan fingerprint density at radius 3 is 1.65 bits per heavy atom. The molecule has 136 valence electrons. The van der Waals surface area contributed by atoms with Crippen molar-refractivity contribution in [3.63, 3.8) is 0 Å². The highest BCUT2D eigenvalue weighted by Crippen LogP contribution is 2.09. The summed E-state index contributed by atoms with van der Waals surface area (Å²) in [6, 6.07) is 0. The Balaban J connectivity index is 0. The molecule has 0 aromatic rings. The zero-order valence-electron chi connectivity index (χ0n) is 15.8. The summed E-state index contributed by atoms with van der Waals surface area (Å²) in [7, 11) is 0. The molecule has 0 aromatic carbocycles. The van der Waals surface area contributed by atoms with Crippen LogP contribution in [0.2, 0.25) is 0 Å². The first kappa shape index (κ1) is 24.2. The highest BCUT2D eigenvalue weighted by Gasteiger charge is 1.94. The maximum Gasteiger partial charge on any atom is 0.217 e. The number of primary amides is 1. The molecule has 0 spiro atoms. The zero-order chi connectivity index (χ0) is 17.6. The van der Waals surface area contributed by atoms with Gasteiger partial charge in [0.15, 0.2) is 0 Å². The van der Waals surface area contributed by atoms with Crippen molar-refractivity contribution in [1.82, 2.24) is 0 Å². The summed E-state index contributed by atoms with van der Waals surface area (Å²) >= 11 is 0. The minimum atomic E-state index is -0.164. The van der Waals surface area contributed by atoms with Crippen molar-refractivity contribution >= 4 is 5.91 Å². The van der Waals surface area contributed by atoms with Crippen LogP contribution in [0.5, 0.6) is 0 Å². The standard InChI is InChI=1S/C18H35NO.C3H6/c1-2-3-4-5-6-7-8-9-10-11-12-13-14-15-16-17-18(19)20;1-3-2/h9-10H,2-8,11-17H2,1H3,(H2,19,20);3H,1H2,2H3/b10-9-;. The van der Waals surface area contributed by atoms with Gasteiger partial charge in [-0.05, 0) is 39.0 Å². The summed E-state index contributed by atoms with van der Waals surface area (Å²) in [5, 5.41) is 0. The first-order valence-electron chi connectivity index (χ1n) is 9.69. The molecule has 2 nitrogen and oxygen atoms in total. The topological polar surface area (TPSA) is 43.1 Å². The molecule has 0 aliphatic rings. The van der Waals surface area contributed by atoms with Crippen LogP contribution < -0.4 is 5.73 Å². The van der Waals surface area contributed by atoms with Gasteiger partial charge in [0.1, 0.15) is 0 Å². The monoisotopic (exact) mass is 323 g/mol. The maximum atomic E-state index is 10.5. The molecular formula is C21H41NO. The quantitative estimate of drug-likeness (QED) is 0.264. The van der Waals surface area contributed by atoms with Gasteiger partial charge in [0.2, 0.25) is 5.91 Å². The van der Waals surface area contributed by atoms with Crippen molar-refractivity contribution < 1.29 is 4.79 Å². The van der Waals surface area contributed by atoms with Crippen LogP contribution >= 0.6 is 0 Å². The highest BCUT2D eigenvalue weighted by atomic mass is 16.1. The molecular weight excluding hydrogens is 282 g/mol. The van der Waals surface area contributed by atoms with E-state index in [9.17, 15) is 4.79 Å². The molecule has 0 fully saturated rings. The SMILES string of the molecule is C=CC.CCCCCCCC/C=C\CCCCCCCC(N)=O. The normalized spacial score (nSPS) is 10.3. The van der Waals surface area contributed by atoms with Gasteiger partial charge < -0.3 is 5.73 Å². The smallest absolute Gasteiger partial charge is 0.217 e. The van der Waals surface area contributed by atoms with Gasteiger partial charge in [-0.3, -0.25) is 4.79 Å². The number of carbonyl (C=O) groups is 1. The second-order valence-corrected chi connectivity index (χ2v) is 6.21. The molecule has 2 heteroatoms. The fraction of sp³-hybridized carbons (Fsp3) is 0.762. The van der Waals surface area contributed by atoms with E-state index in [2.05, 4.69) is 25.7 Å². The van der Waals surface area contributed by atoms with Crippen LogP contribution in [0.3, 0.4) is 0 Å². The van der Waals surface area contributed by atoms with E-state index in [1.165, 1.54) is 70.6 Å². The maximum absolute atomic E-state index is 10.5. The van der Waals surface area contributed by atoms with Gasteiger partial charge in [-0.2, -0.15) is 0 Å². The fourth-order valence-corrected chi connectivity index (χ4v) is 2.37. The molecule has 0 saturated carbocycles. The van der Waals surface area contributed by atoms with Crippen LogP contribution in [0.4, 0.5) is 0 Å². The zero-order valence-corrected chi connectivity index (χ0v) is 15.8. The minimum absolute atomic E-state index is 0.164. The predicted octanol–water partition coefficient (Wildman–Crippen LogP) is 6.70. The molecule has 0 rings (SSSR count). The van der Waals surface area contributed by atoms with Crippen molar-refractivity contribution in [2.24, 2.45) is 5.73 Å². The van der Waals surface area contributed by atoms with E-state index in [0.29, 0.717) is 6.42 Å². The molecule has 0 atom stereocenters. The number of rotatable bonds is 15. The van der Waals surface area contributed by atoms with E-state index in [0.717, 1.165) is 12.8 Å². The number of allylic oxidation sites excluding steroid dienone is 3. The number of unbranched alkanes of at least 4 members (excludes halogenated alkanes) is 11. The summed E-state index contributed by atoms with van der Waals surface area (Å²) in [4.78, 5) is 10.5. The van der Waals surface area contributed by atoms with Crippen LogP contribution in [0.1, 0.15) is 104 Å². The van der Waals surface area contributed by atoms with E-state index in [-0.39, 0.29) is 5.91 Å². The van der Waals surface area contributed by atoms with Crippen molar-refractivity contribution in [2.45, 2.75) is 104 Å². The lowest BCUT2D eigenvalue weighted by Crippen LogP contribution is -2.09. The molecule has 0 aromatic heterocycles. The van der Waals surface area contributed by atoms with E-state index in [1.54, 1.807) is 6.08 Å². The molecule has 2 N–H and O–H groups in total. The van der Waals surface area contributed by atoms with Crippen LogP contribution in [0, 0.1) is 0 Å². The largest absolute Gasteiger partial charge is 0.370 e. The van der Waals surface area contributed by atoms with E-state index in [4.69, 9.17) is 5.73 Å². The Labute approximate surface area is 145 Å². The average Bonchev–Trinajstić information content (AvgIpc) is 2.51. The average molecular weight is 324 g/mol. The summed E-state index contributed by atoms with van der Waals surface area (Å²) < 4.78 is 0. The van der Waals surface area contributed by atoms with Gasteiger partial charge in [-0.1, -0.05) is 76.5 Å². The number of nitrogens with two attached hydrogens (primary N) is 1. The first-order chi connectivity index (χ1) is 11.2. The summed E-state index contributed by atoms with van der Waals surface area (Å²) in [6.07, 6.45) is 23.7. The third kappa shape index (κ3) is 29.6. The summed E-state index contributed by atoms with van der Waals surface area (Å²) in [6.45, 7) is 7.51. The van der Waals surface area contributed by atoms with Crippen molar-refractivity contribution in [3.05, 3.63) is 24.8 Å². The van der Waals surface area contributed by atoms with E-state index >= 15 is 0 Å². The van der Waals surface area contributed by atoms with Crippen LogP contribution in [0.15, 0.2) is 24.8 Å². The van der Waals surface area contributed by atoms with Crippen LogP contribution in [0.25, 0.3) is 0 Å². The second kappa shape index (κ2) is 23.2. The van der Waals surface area contributed by atoms with Gasteiger partial charge in [0.25, 0.3) is 0 Å². The molecule has 23 heavy (non-hydrogen) atoms. The third-order valence-electron chi connectivity index (χ3n) is 3.68.